The fraction of sp³-hybridized carbons (Fsp3) is 0.727. The van der Waals surface area contributed by atoms with Gasteiger partial charge in [0.05, 0.1) is 23.2 Å². The van der Waals surface area contributed by atoms with Crippen LogP contribution in [0.3, 0.4) is 0 Å². The summed E-state index contributed by atoms with van der Waals surface area (Å²) >= 11 is 7.40. The molecule has 92 valence electrons. The quantitative estimate of drug-likeness (QED) is 0.531. The zero-order chi connectivity index (χ0) is 11.8. The highest BCUT2D eigenvalue weighted by Crippen LogP contribution is 2.12. The van der Waals surface area contributed by atoms with Crippen molar-refractivity contribution in [2.24, 2.45) is 0 Å². The van der Waals surface area contributed by atoms with Crippen LogP contribution in [0.25, 0.3) is 0 Å². The molecule has 1 aromatic rings. The SMILES string of the molecule is CCOCCN(C)CCc1nc(CCl)cs1. The van der Waals surface area contributed by atoms with Gasteiger partial charge in [0, 0.05) is 31.5 Å². The van der Waals surface area contributed by atoms with Crippen LogP contribution in [-0.2, 0) is 17.0 Å². The molecule has 1 rings (SSSR count). The number of halogens is 1. The van der Waals surface area contributed by atoms with Gasteiger partial charge in [-0.15, -0.1) is 22.9 Å². The van der Waals surface area contributed by atoms with Gasteiger partial charge in [-0.25, -0.2) is 4.98 Å². The fourth-order valence-corrected chi connectivity index (χ4v) is 2.30. The van der Waals surface area contributed by atoms with Crippen LogP contribution < -0.4 is 0 Å². The van der Waals surface area contributed by atoms with Crippen LogP contribution in [0.2, 0.25) is 0 Å². The summed E-state index contributed by atoms with van der Waals surface area (Å²) in [7, 11) is 2.11. The normalized spacial score (nSPS) is 11.2. The predicted octanol–water partition coefficient (Wildman–Crippen LogP) is 2.39. The third-order valence-electron chi connectivity index (χ3n) is 2.27. The van der Waals surface area contributed by atoms with Gasteiger partial charge in [0.1, 0.15) is 0 Å². The van der Waals surface area contributed by atoms with Crippen LogP contribution in [0.5, 0.6) is 0 Å². The topological polar surface area (TPSA) is 25.4 Å². The van der Waals surface area contributed by atoms with E-state index in [4.69, 9.17) is 16.3 Å². The molecule has 0 radical (unpaired) electrons. The Labute approximate surface area is 106 Å². The molecule has 0 bridgehead atoms. The second-order valence-corrected chi connectivity index (χ2v) is 4.83. The van der Waals surface area contributed by atoms with Crippen LogP contribution >= 0.6 is 22.9 Å². The molecule has 0 spiro atoms. The number of hydrogen-bond acceptors (Lipinski definition) is 4. The number of thiazole rings is 1. The minimum atomic E-state index is 0.511. The average Bonchev–Trinajstić information content (AvgIpc) is 2.74. The molecule has 1 aromatic heterocycles. The molecule has 16 heavy (non-hydrogen) atoms. The molecule has 0 fully saturated rings. The van der Waals surface area contributed by atoms with Crippen molar-refractivity contribution in [1.29, 1.82) is 0 Å². The number of alkyl halides is 1. The van der Waals surface area contributed by atoms with E-state index in [0.717, 1.165) is 38.4 Å². The Morgan fingerprint density at radius 2 is 2.31 bits per heavy atom. The van der Waals surface area contributed by atoms with Crippen molar-refractivity contribution in [3.05, 3.63) is 16.1 Å². The van der Waals surface area contributed by atoms with Gasteiger partial charge in [0.25, 0.3) is 0 Å². The average molecular weight is 263 g/mol. The smallest absolute Gasteiger partial charge is 0.0941 e. The van der Waals surface area contributed by atoms with E-state index in [9.17, 15) is 0 Å². The molecule has 0 unspecified atom stereocenters. The van der Waals surface area contributed by atoms with E-state index >= 15 is 0 Å². The number of hydrogen-bond donors (Lipinski definition) is 0. The molecule has 1 heterocycles. The number of likely N-dealkylation sites (N-methyl/N-ethyl adjacent to an activating group) is 1. The molecule has 0 aromatic carbocycles. The maximum atomic E-state index is 5.70. The number of aromatic nitrogens is 1. The molecule has 0 aliphatic rings. The van der Waals surface area contributed by atoms with E-state index in [2.05, 4.69) is 16.9 Å². The second-order valence-electron chi connectivity index (χ2n) is 3.62. The third-order valence-corrected chi connectivity index (χ3v) is 3.50. The van der Waals surface area contributed by atoms with Gasteiger partial charge in [-0.05, 0) is 14.0 Å². The molecular weight excluding hydrogens is 244 g/mol. The van der Waals surface area contributed by atoms with Gasteiger partial charge >= 0.3 is 0 Å². The third kappa shape index (κ3) is 5.25. The lowest BCUT2D eigenvalue weighted by molar-refractivity contribution is 0.122. The van der Waals surface area contributed by atoms with E-state index in [1.54, 1.807) is 11.3 Å². The Morgan fingerprint density at radius 3 is 2.94 bits per heavy atom. The summed E-state index contributed by atoms with van der Waals surface area (Å²) in [5.74, 6) is 0.511. The predicted molar refractivity (Wildman–Crippen MR) is 69.4 cm³/mol. The van der Waals surface area contributed by atoms with Gasteiger partial charge in [-0.1, -0.05) is 0 Å². The maximum absolute atomic E-state index is 5.70. The fourth-order valence-electron chi connectivity index (χ4n) is 1.29. The molecular formula is C11H19ClN2OS. The number of nitrogens with zero attached hydrogens (tertiary/aromatic N) is 2. The first-order valence-corrected chi connectivity index (χ1v) is 6.93. The van der Waals surface area contributed by atoms with Crippen molar-refractivity contribution in [2.75, 3.05) is 33.4 Å². The summed E-state index contributed by atoms with van der Waals surface area (Å²) in [6.45, 7) is 5.60. The van der Waals surface area contributed by atoms with Crippen LogP contribution in [0.15, 0.2) is 5.38 Å². The number of ether oxygens (including phenoxy) is 1. The Hall–Kier alpha value is -0.160. The highest BCUT2D eigenvalue weighted by molar-refractivity contribution is 7.09. The molecule has 5 heteroatoms. The highest BCUT2D eigenvalue weighted by Gasteiger charge is 2.03. The standard InChI is InChI=1S/C11H19ClN2OS/c1-3-15-7-6-14(2)5-4-11-13-10(8-12)9-16-11/h9H,3-8H2,1-2H3. The molecule has 0 aliphatic carbocycles. The minimum absolute atomic E-state index is 0.511. The molecule has 0 aliphatic heterocycles. The summed E-state index contributed by atoms with van der Waals surface area (Å²) in [4.78, 5) is 6.69. The Morgan fingerprint density at radius 1 is 1.50 bits per heavy atom. The Bertz CT molecular complexity index is 293. The summed E-state index contributed by atoms with van der Waals surface area (Å²) in [5.41, 5.74) is 0.985. The highest BCUT2D eigenvalue weighted by atomic mass is 35.5. The molecule has 0 amide bonds. The Kier molecular flexibility index (Phi) is 6.96. The van der Waals surface area contributed by atoms with E-state index in [1.165, 1.54) is 5.01 Å². The summed E-state index contributed by atoms with van der Waals surface area (Å²) in [5, 5.41) is 3.20. The van der Waals surface area contributed by atoms with Crippen molar-refractivity contribution in [1.82, 2.24) is 9.88 Å². The van der Waals surface area contributed by atoms with Crippen LogP contribution in [0.1, 0.15) is 17.6 Å². The molecule has 0 saturated heterocycles. The van der Waals surface area contributed by atoms with Crippen LogP contribution in [-0.4, -0.2) is 43.2 Å². The largest absolute Gasteiger partial charge is 0.380 e. The molecule has 0 saturated carbocycles. The van der Waals surface area contributed by atoms with Gasteiger partial charge in [0.2, 0.25) is 0 Å². The molecule has 0 atom stereocenters. The van der Waals surface area contributed by atoms with Gasteiger partial charge < -0.3 is 9.64 Å². The van der Waals surface area contributed by atoms with E-state index in [-0.39, 0.29) is 0 Å². The van der Waals surface area contributed by atoms with Crippen molar-refractivity contribution in [3.8, 4) is 0 Å². The van der Waals surface area contributed by atoms with Gasteiger partial charge in [-0.2, -0.15) is 0 Å². The van der Waals surface area contributed by atoms with Gasteiger partial charge in [0.15, 0.2) is 0 Å². The van der Waals surface area contributed by atoms with Crippen LogP contribution in [0.4, 0.5) is 0 Å². The zero-order valence-electron chi connectivity index (χ0n) is 9.91. The van der Waals surface area contributed by atoms with E-state index in [1.807, 2.05) is 12.3 Å². The summed E-state index contributed by atoms with van der Waals surface area (Å²) in [6.07, 6.45) is 0.990. The van der Waals surface area contributed by atoms with E-state index < -0.39 is 0 Å². The van der Waals surface area contributed by atoms with Crippen LogP contribution in [0, 0.1) is 0 Å². The Balaban J connectivity index is 2.18. The second kappa shape index (κ2) is 8.01. The first kappa shape index (κ1) is 13.9. The lowest BCUT2D eigenvalue weighted by Crippen LogP contribution is -2.25. The van der Waals surface area contributed by atoms with Gasteiger partial charge in [-0.3, -0.25) is 0 Å². The summed E-state index contributed by atoms with van der Waals surface area (Å²) in [6, 6.07) is 0. The van der Waals surface area contributed by atoms with Crippen molar-refractivity contribution < 1.29 is 4.74 Å². The van der Waals surface area contributed by atoms with Crippen molar-refractivity contribution in [3.63, 3.8) is 0 Å². The minimum Gasteiger partial charge on any atom is -0.380 e. The molecule has 0 N–H and O–H groups in total. The van der Waals surface area contributed by atoms with Crippen molar-refractivity contribution >= 4 is 22.9 Å². The lowest BCUT2D eigenvalue weighted by Gasteiger charge is -2.15. The first-order chi connectivity index (χ1) is 7.76. The lowest BCUT2D eigenvalue weighted by atomic mass is 10.4. The van der Waals surface area contributed by atoms with E-state index in [0.29, 0.717) is 5.88 Å². The zero-order valence-corrected chi connectivity index (χ0v) is 11.5. The van der Waals surface area contributed by atoms with Crippen molar-refractivity contribution in [2.45, 2.75) is 19.2 Å². The summed E-state index contributed by atoms with van der Waals surface area (Å²) < 4.78 is 5.31. The maximum Gasteiger partial charge on any atom is 0.0941 e. The molecule has 3 nitrogen and oxygen atoms in total. The number of rotatable bonds is 8. The first-order valence-electron chi connectivity index (χ1n) is 5.51. The monoisotopic (exact) mass is 262 g/mol.